The minimum absolute atomic E-state index is 0.386. The van der Waals surface area contributed by atoms with Gasteiger partial charge in [-0.25, -0.2) is 0 Å². The Labute approximate surface area is 130 Å². The van der Waals surface area contributed by atoms with Gasteiger partial charge in [-0.3, -0.25) is 0 Å². The van der Waals surface area contributed by atoms with Gasteiger partial charge in [0.2, 0.25) is 0 Å². The van der Waals surface area contributed by atoms with E-state index >= 15 is 0 Å². The van der Waals surface area contributed by atoms with Gasteiger partial charge in [0, 0.05) is 23.0 Å². The number of likely N-dealkylation sites (N-methyl/N-ethyl adjacent to an activating group) is 1. The molecule has 1 aliphatic heterocycles. The average molecular weight is 342 g/mol. The summed E-state index contributed by atoms with van der Waals surface area (Å²) in [4.78, 5) is 0. The molecule has 1 aliphatic rings. The number of benzene rings is 1. The Hall–Kier alpha value is -0.580. The predicted octanol–water partition coefficient (Wildman–Crippen LogP) is 3.40. The summed E-state index contributed by atoms with van der Waals surface area (Å²) in [5, 5.41) is 3.48. The SMILES string of the molecule is CCC1OCCC1C(Cc1cc(OC)ccc1Br)NC. The van der Waals surface area contributed by atoms with Crippen LogP contribution in [0.15, 0.2) is 22.7 Å². The second kappa shape index (κ2) is 7.43. The molecule has 3 nitrogen and oxygen atoms in total. The van der Waals surface area contributed by atoms with Gasteiger partial charge >= 0.3 is 0 Å². The first kappa shape index (κ1) is 15.8. The highest BCUT2D eigenvalue weighted by atomic mass is 79.9. The monoisotopic (exact) mass is 341 g/mol. The summed E-state index contributed by atoms with van der Waals surface area (Å²) in [5.74, 6) is 1.50. The van der Waals surface area contributed by atoms with Gasteiger partial charge < -0.3 is 14.8 Å². The fourth-order valence-corrected chi connectivity index (χ4v) is 3.49. The van der Waals surface area contributed by atoms with Crippen molar-refractivity contribution in [2.45, 2.75) is 38.3 Å². The maximum absolute atomic E-state index is 5.83. The quantitative estimate of drug-likeness (QED) is 0.860. The van der Waals surface area contributed by atoms with Crippen molar-refractivity contribution in [3.63, 3.8) is 0 Å². The molecule has 0 aromatic heterocycles. The van der Waals surface area contributed by atoms with Crippen LogP contribution in [-0.4, -0.2) is 32.9 Å². The van der Waals surface area contributed by atoms with E-state index in [2.05, 4.69) is 40.3 Å². The second-order valence-corrected chi connectivity index (χ2v) is 6.18. The molecule has 1 aromatic rings. The summed E-state index contributed by atoms with van der Waals surface area (Å²) < 4.78 is 12.3. The maximum atomic E-state index is 5.83. The van der Waals surface area contributed by atoms with Crippen LogP contribution >= 0.6 is 15.9 Å². The second-order valence-electron chi connectivity index (χ2n) is 5.33. The van der Waals surface area contributed by atoms with Crippen LogP contribution in [0.1, 0.15) is 25.3 Å². The van der Waals surface area contributed by atoms with Gasteiger partial charge in [-0.15, -0.1) is 0 Å². The molecule has 0 saturated carbocycles. The van der Waals surface area contributed by atoms with Gasteiger partial charge in [0.15, 0.2) is 0 Å². The van der Waals surface area contributed by atoms with Crippen LogP contribution in [0.3, 0.4) is 0 Å². The molecular weight excluding hydrogens is 318 g/mol. The normalized spacial score (nSPS) is 23.8. The Balaban J connectivity index is 2.13. The van der Waals surface area contributed by atoms with Crippen molar-refractivity contribution in [2.75, 3.05) is 20.8 Å². The molecule has 0 amide bonds. The van der Waals surface area contributed by atoms with Crippen LogP contribution in [0.4, 0.5) is 0 Å². The van der Waals surface area contributed by atoms with E-state index in [1.165, 1.54) is 5.56 Å². The smallest absolute Gasteiger partial charge is 0.119 e. The molecule has 0 aliphatic carbocycles. The molecule has 0 spiro atoms. The number of rotatable bonds is 6. The summed E-state index contributed by atoms with van der Waals surface area (Å²) in [6.07, 6.45) is 3.60. The predicted molar refractivity (Wildman–Crippen MR) is 85.4 cm³/mol. The average Bonchev–Trinajstić information content (AvgIpc) is 2.94. The first-order valence-electron chi connectivity index (χ1n) is 7.30. The lowest BCUT2D eigenvalue weighted by Gasteiger charge is -2.27. The molecule has 1 aromatic carbocycles. The molecule has 20 heavy (non-hydrogen) atoms. The van der Waals surface area contributed by atoms with E-state index in [9.17, 15) is 0 Å². The number of nitrogens with one attached hydrogen (secondary N) is 1. The van der Waals surface area contributed by atoms with Gasteiger partial charge in [-0.2, -0.15) is 0 Å². The van der Waals surface area contributed by atoms with Crippen molar-refractivity contribution in [1.29, 1.82) is 0 Å². The largest absolute Gasteiger partial charge is 0.497 e. The molecule has 1 N–H and O–H groups in total. The highest BCUT2D eigenvalue weighted by molar-refractivity contribution is 9.10. The van der Waals surface area contributed by atoms with Crippen molar-refractivity contribution in [1.82, 2.24) is 5.32 Å². The topological polar surface area (TPSA) is 30.5 Å². The first-order chi connectivity index (χ1) is 9.69. The van der Waals surface area contributed by atoms with Crippen LogP contribution in [-0.2, 0) is 11.2 Å². The van der Waals surface area contributed by atoms with E-state index in [0.29, 0.717) is 18.1 Å². The maximum Gasteiger partial charge on any atom is 0.119 e. The minimum Gasteiger partial charge on any atom is -0.497 e. The van der Waals surface area contributed by atoms with E-state index in [1.807, 2.05) is 13.1 Å². The Bertz CT molecular complexity index is 438. The first-order valence-corrected chi connectivity index (χ1v) is 8.10. The van der Waals surface area contributed by atoms with Crippen LogP contribution in [0.5, 0.6) is 5.75 Å². The van der Waals surface area contributed by atoms with Crippen molar-refractivity contribution in [2.24, 2.45) is 5.92 Å². The van der Waals surface area contributed by atoms with Crippen LogP contribution in [0.25, 0.3) is 0 Å². The molecule has 3 unspecified atom stereocenters. The number of halogens is 1. The standard InChI is InChI=1S/C16H24BrNO2/c1-4-16-13(7-8-20-16)15(18-2)10-11-9-12(19-3)5-6-14(11)17/h5-6,9,13,15-16,18H,4,7-8,10H2,1-3H3. The van der Waals surface area contributed by atoms with Crippen molar-refractivity contribution in [3.05, 3.63) is 28.2 Å². The zero-order valence-electron chi connectivity index (χ0n) is 12.5. The fourth-order valence-electron chi connectivity index (χ4n) is 3.08. The van der Waals surface area contributed by atoms with Gasteiger partial charge in [0.05, 0.1) is 13.2 Å². The van der Waals surface area contributed by atoms with Crippen molar-refractivity contribution >= 4 is 15.9 Å². The summed E-state index contributed by atoms with van der Waals surface area (Å²) in [6.45, 7) is 3.10. The van der Waals surface area contributed by atoms with Crippen molar-refractivity contribution < 1.29 is 9.47 Å². The summed E-state index contributed by atoms with van der Waals surface area (Å²) in [6, 6.07) is 6.59. The van der Waals surface area contributed by atoms with Crippen molar-refractivity contribution in [3.8, 4) is 5.75 Å². The number of ether oxygens (including phenoxy) is 2. The van der Waals surface area contributed by atoms with Gasteiger partial charge in [-0.05, 0) is 50.1 Å². The summed E-state index contributed by atoms with van der Waals surface area (Å²) in [7, 11) is 3.75. The fraction of sp³-hybridized carbons (Fsp3) is 0.625. The molecule has 0 bridgehead atoms. The number of hydrogen-bond donors (Lipinski definition) is 1. The third-order valence-electron chi connectivity index (χ3n) is 4.24. The molecule has 4 heteroatoms. The van der Waals surface area contributed by atoms with Crippen LogP contribution in [0, 0.1) is 5.92 Å². The highest BCUT2D eigenvalue weighted by Gasteiger charge is 2.33. The minimum atomic E-state index is 0.386. The Morgan fingerprint density at radius 1 is 1.50 bits per heavy atom. The van der Waals surface area contributed by atoms with Crippen LogP contribution < -0.4 is 10.1 Å². The molecule has 1 fully saturated rings. The molecule has 1 saturated heterocycles. The van der Waals surface area contributed by atoms with E-state index < -0.39 is 0 Å². The van der Waals surface area contributed by atoms with Crippen LogP contribution in [0.2, 0.25) is 0 Å². The van der Waals surface area contributed by atoms with Gasteiger partial charge in [-0.1, -0.05) is 22.9 Å². The molecule has 3 atom stereocenters. The molecule has 2 rings (SSSR count). The zero-order chi connectivity index (χ0) is 14.5. The molecular formula is C16H24BrNO2. The Morgan fingerprint density at radius 3 is 2.95 bits per heavy atom. The van der Waals surface area contributed by atoms with Gasteiger partial charge in [0.25, 0.3) is 0 Å². The lowest BCUT2D eigenvalue weighted by atomic mass is 9.87. The molecule has 0 radical (unpaired) electrons. The highest BCUT2D eigenvalue weighted by Crippen LogP contribution is 2.30. The third kappa shape index (κ3) is 3.54. The van der Waals surface area contributed by atoms with E-state index in [-0.39, 0.29) is 0 Å². The van der Waals surface area contributed by atoms with E-state index in [0.717, 1.165) is 36.1 Å². The summed E-state index contributed by atoms with van der Waals surface area (Å²) >= 11 is 3.64. The Morgan fingerprint density at radius 2 is 2.30 bits per heavy atom. The lowest BCUT2D eigenvalue weighted by molar-refractivity contribution is 0.0783. The molecule has 112 valence electrons. The van der Waals surface area contributed by atoms with E-state index in [4.69, 9.17) is 9.47 Å². The number of methoxy groups -OCH3 is 1. The molecule has 1 heterocycles. The zero-order valence-corrected chi connectivity index (χ0v) is 14.1. The third-order valence-corrected chi connectivity index (χ3v) is 5.02. The Kier molecular flexibility index (Phi) is 5.87. The summed E-state index contributed by atoms with van der Waals surface area (Å²) in [5.41, 5.74) is 1.28. The van der Waals surface area contributed by atoms with Gasteiger partial charge in [0.1, 0.15) is 5.75 Å². The number of hydrogen-bond acceptors (Lipinski definition) is 3. The lowest BCUT2D eigenvalue weighted by Crippen LogP contribution is -2.39. The van der Waals surface area contributed by atoms with E-state index in [1.54, 1.807) is 7.11 Å².